The highest BCUT2D eigenvalue weighted by Gasteiger charge is 2.21. The molecule has 0 aliphatic carbocycles. The summed E-state index contributed by atoms with van der Waals surface area (Å²) in [5, 5.41) is 6.74. The number of hydrogen-bond donors (Lipinski definition) is 2. The summed E-state index contributed by atoms with van der Waals surface area (Å²) in [6.07, 6.45) is 2.96. The minimum Gasteiger partial charge on any atom is -0.494 e. The highest BCUT2D eigenvalue weighted by molar-refractivity contribution is 5.79. The zero-order chi connectivity index (χ0) is 21.5. The fraction of sp³-hybridized carbons (Fsp3) is 0.478. The van der Waals surface area contributed by atoms with Crippen molar-refractivity contribution in [3.63, 3.8) is 0 Å². The van der Waals surface area contributed by atoms with Gasteiger partial charge in [0.25, 0.3) is 0 Å². The molecule has 0 fully saturated rings. The molecule has 1 aliphatic rings. The van der Waals surface area contributed by atoms with E-state index in [9.17, 15) is 0 Å². The van der Waals surface area contributed by atoms with E-state index in [-0.39, 0.29) is 6.10 Å². The van der Waals surface area contributed by atoms with Crippen LogP contribution in [-0.4, -0.2) is 44.3 Å². The maximum atomic E-state index is 5.93. The number of aliphatic imine (C=N–C) groups is 1. The van der Waals surface area contributed by atoms with E-state index in [1.165, 1.54) is 5.56 Å². The van der Waals surface area contributed by atoms with Gasteiger partial charge >= 0.3 is 0 Å². The number of hydrogen-bond acceptors (Lipinski definition) is 5. The summed E-state index contributed by atoms with van der Waals surface area (Å²) in [7, 11) is 3.97. The van der Waals surface area contributed by atoms with Gasteiger partial charge in [0.1, 0.15) is 23.4 Å². The van der Waals surface area contributed by atoms with E-state index in [2.05, 4.69) is 47.7 Å². The number of nitrogens with zero attached hydrogens (tertiary/aromatic N) is 3. The summed E-state index contributed by atoms with van der Waals surface area (Å²) in [6.45, 7) is 8.75. The molecule has 1 aliphatic heterocycles. The van der Waals surface area contributed by atoms with Crippen molar-refractivity contribution >= 4 is 11.8 Å². The predicted octanol–water partition coefficient (Wildman–Crippen LogP) is 3.13. The smallest absolute Gasteiger partial charge is 0.191 e. The molecule has 162 valence electrons. The van der Waals surface area contributed by atoms with Crippen molar-refractivity contribution in [2.45, 2.75) is 46.4 Å². The summed E-state index contributed by atoms with van der Waals surface area (Å²) in [4.78, 5) is 11.1. The molecule has 1 aromatic carbocycles. The second-order valence-corrected chi connectivity index (χ2v) is 7.60. The molecule has 0 radical (unpaired) electrons. The van der Waals surface area contributed by atoms with Gasteiger partial charge in [-0.1, -0.05) is 0 Å². The second-order valence-electron chi connectivity index (χ2n) is 7.60. The number of nitrogens with one attached hydrogen (secondary N) is 2. The van der Waals surface area contributed by atoms with E-state index >= 15 is 0 Å². The van der Waals surface area contributed by atoms with Crippen LogP contribution in [0.1, 0.15) is 37.5 Å². The molecular weight excluding hydrogens is 378 g/mol. The van der Waals surface area contributed by atoms with Crippen LogP contribution in [-0.2, 0) is 19.5 Å². The van der Waals surface area contributed by atoms with Crippen molar-refractivity contribution in [2.75, 3.05) is 32.1 Å². The number of aromatic nitrogens is 1. The average molecular weight is 412 g/mol. The third kappa shape index (κ3) is 5.55. The van der Waals surface area contributed by atoms with Crippen molar-refractivity contribution in [3.05, 3.63) is 47.2 Å². The first-order chi connectivity index (χ1) is 14.5. The van der Waals surface area contributed by atoms with Crippen molar-refractivity contribution in [3.8, 4) is 11.5 Å². The molecule has 2 aromatic rings. The van der Waals surface area contributed by atoms with Gasteiger partial charge in [0.05, 0.1) is 13.2 Å². The summed E-state index contributed by atoms with van der Waals surface area (Å²) in [5.41, 5.74) is 3.39. The Bertz CT molecular complexity index is 882. The molecule has 1 aromatic heterocycles. The van der Waals surface area contributed by atoms with Gasteiger partial charge in [-0.3, -0.25) is 0 Å². The number of fused-ring (bicyclic) bond motifs is 1. The zero-order valence-electron chi connectivity index (χ0n) is 18.7. The molecule has 2 heterocycles. The number of benzene rings is 1. The van der Waals surface area contributed by atoms with Crippen LogP contribution in [0.15, 0.2) is 35.5 Å². The molecule has 1 unspecified atom stereocenters. The molecule has 2 N–H and O–H groups in total. The van der Waals surface area contributed by atoms with E-state index < -0.39 is 0 Å². The maximum absolute atomic E-state index is 5.93. The Kier molecular flexibility index (Phi) is 7.38. The average Bonchev–Trinajstić information content (AvgIpc) is 3.09. The largest absolute Gasteiger partial charge is 0.494 e. The topological polar surface area (TPSA) is 71.0 Å². The number of rotatable bonds is 8. The lowest BCUT2D eigenvalue weighted by atomic mass is 10.1. The van der Waals surface area contributed by atoms with Crippen LogP contribution in [0.2, 0.25) is 0 Å². The summed E-state index contributed by atoms with van der Waals surface area (Å²) in [5.74, 6) is 3.55. The number of ether oxygens (including phenoxy) is 2. The van der Waals surface area contributed by atoms with Gasteiger partial charge in [0, 0.05) is 50.9 Å². The Hall–Kier alpha value is -2.96. The lowest BCUT2D eigenvalue weighted by Crippen LogP contribution is -2.36. The van der Waals surface area contributed by atoms with Crippen molar-refractivity contribution in [1.29, 1.82) is 0 Å². The van der Waals surface area contributed by atoms with Crippen molar-refractivity contribution in [2.24, 2.45) is 4.99 Å². The number of guanidine groups is 1. The minimum absolute atomic E-state index is 0.212. The molecule has 7 heteroatoms. The molecule has 1 atom stereocenters. The van der Waals surface area contributed by atoms with Crippen LogP contribution in [0.4, 0.5) is 5.82 Å². The number of pyridine rings is 1. The van der Waals surface area contributed by atoms with E-state index in [1.54, 1.807) is 0 Å². The lowest BCUT2D eigenvalue weighted by Gasteiger charge is -2.16. The number of anilines is 1. The summed E-state index contributed by atoms with van der Waals surface area (Å²) in [6, 6.07) is 8.25. The molecule has 0 spiro atoms. The van der Waals surface area contributed by atoms with Crippen LogP contribution in [0.25, 0.3) is 0 Å². The standard InChI is InChI=1S/C23H33N5O2/c1-6-24-23(26-14-17-8-9-25-22(11-17)28(4)5)27-15-19-13-21-18(10-16(3)30-21)12-20(19)29-7-2/h8-9,11-13,16H,6-7,10,14-15H2,1-5H3,(H2,24,26,27). The fourth-order valence-corrected chi connectivity index (χ4v) is 3.40. The summed E-state index contributed by atoms with van der Waals surface area (Å²) >= 11 is 0. The molecule has 7 nitrogen and oxygen atoms in total. The Morgan fingerprint density at radius 3 is 2.83 bits per heavy atom. The quantitative estimate of drug-likeness (QED) is 0.514. The highest BCUT2D eigenvalue weighted by atomic mass is 16.5. The molecule has 3 rings (SSSR count). The minimum atomic E-state index is 0.212. The monoisotopic (exact) mass is 411 g/mol. The van der Waals surface area contributed by atoms with Gasteiger partial charge in [-0.05, 0) is 50.6 Å². The van der Waals surface area contributed by atoms with E-state index in [1.807, 2.05) is 38.2 Å². The predicted molar refractivity (Wildman–Crippen MR) is 122 cm³/mol. The zero-order valence-corrected chi connectivity index (χ0v) is 18.7. The van der Waals surface area contributed by atoms with Gasteiger partial charge in [0.2, 0.25) is 0 Å². The SMILES string of the molecule is CCNC(=NCc1ccnc(N(C)C)c1)NCc1cc2c(cc1OCC)CC(C)O2. The van der Waals surface area contributed by atoms with E-state index in [0.717, 1.165) is 47.4 Å². The molecule has 0 bridgehead atoms. The first-order valence-electron chi connectivity index (χ1n) is 10.6. The first-order valence-corrected chi connectivity index (χ1v) is 10.6. The normalized spacial score (nSPS) is 15.4. The Balaban J connectivity index is 1.72. The van der Waals surface area contributed by atoms with Crippen LogP contribution >= 0.6 is 0 Å². The van der Waals surface area contributed by atoms with Crippen LogP contribution in [0.3, 0.4) is 0 Å². The summed E-state index contributed by atoms with van der Waals surface area (Å²) < 4.78 is 11.8. The Morgan fingerprint density at radius 1 is 1.27 bits per heavy atom. The van der Waals surface area contributed by atoms with Gasteiger partial charge in [-0.2, -0.15) is 0 Å². The lowest BCUT2D eigenvalue weighted by molar-refractivity contribution is 0.254. The van der Waals surface area contributed by atoms with E-state index in [4.69, 9.17) is 14.5 Å². The molecule has 0 amide bonds. The molecular formula is C23H33N5O2. The first kappa shape index (κ1) is 21.7. The maximum Gasteiger partial charge on any atom is 0.191 e. The molecule has 0 saturated heterocycles. The van der Waals surface area contributed by atoms with Crippen LogP contribution in [0.5, 0.6) is 11.5 Å². The third-order valence-corrected chi connectivity index (χ3v) is 4.86. The fourth-order valence-electron chi connectivity index (χ4n) is 3.40. The molecule has 30 heavy (non-hydrogen) atoms. The van der Waals surface area contributed by atoms with Gasteiger partial charge in [-0.15, -0.1) is 0 Å². The van der Waals surface area contributed by atoms with Crippen LogP contribution < -0.4 is 25.0 Å². The van der Waals surface area contributed by atoms with Crippen molar-refractivity contribution in [1.82, 2.24) is 15.6 Å². The highest BCUT2D eigenvalue weighted by Crippen LogP contribution is 2.35. The van der Waals surface area contributed by atoms with E-state index in [0.29, 0.717) is 19.7 Å². The third-order valence-electron chi connectivity index (χ3n) is 4.86. The van der Waals surface area contributed by atoms with Crippen LogP contribution in [0, 0.1) is 0 Å². The van der Waals surface area contributed by atoms with Gasteiger partial charge < -0.3 is 25.0 Å². The molecule has 0 saturated carbocycles. The van der Waals surface area contributed by atoms with Crippen molar-refractivity contribution < 1.29 is 9.47 Å². The van der Waals surface area contributed by atoms with Gasteiger partial charge in [0.15, 0.2) is 5.96 Å². The second kappa shape index (κ2) is 10.2. The van der Waals surface area contributed by atoms with Gasteiger partial charge in [-0.25, -0.2) is 9.98 Å². The Labute approximate surface area is 179 Å². The Morgan fingerprint density at radius 2 is 2.10 bits per heavy atom.